The number of para-hydroxylation sites is 1. The zero-order valence-corrected chi connectivity index (χ0v) is 19.7. The standard InChI is InChI=1S/C22H29FN4O4S/c1-16-10-6-7-11-18(16)14-26(17(2)22(29)24-3)21(28)15-27(32(30,31)25(4)5)20-13-9-8-12-19(20)23/h6-13,17H,14-15H2,1-5H3,(H,24,29)/t17-/m1/s1. The van der Waals surface area contributed by atoms with E-state index in [0.29, 0.717) is 4.31 Å². The van der Waals surface area contributed by atoms with Crippen molar-refractivity contribution in [3.63, 3.8) is 0 Å². The van der Waals surface area contributed by atoms with E-state index in [4.69, 9.17) is 0 Å². The van der Waals surface area contributed by atoms with E-state index in [9.17, 15) is 22.4 Å². The van der Waals surface area contributed by atoms with Crippen molar-refractivity contribution in [2.45, 2.75) is 26.4 Å². The Morgan fingerprint density at radius 1 is 1.06 bits per heavy atom. The van der Waals surface area contributed by atoms with Crippen molar-refractivity contribution in [2.24, 2.45) is 0 Å². The molecule has 0 bridgehead atoms. The van der Waals surface area contributed by atoms with Crippen molar-refractivity contribution in [3.8, 4) is 0 Å². The van der Waals surface area contributed by atoms with Crippen molar-refractivity contribution < 1.29 is 22.4 Å². The molecule has 1 atom stereocenters. The number of hydrogen-bond donors (Lipinski definition) is 1. The molecule has 0 spiro atoms. The summed E-state index contributed by atoms with van der Waals surface area (Å²) in [5.41, 5.74) is 1.48. The fourth-order valence-electron chi connectivity index (χ4n) is 3.12. The van der Waals surface area contributed by atoms with Crippen molar-refractivity contribution in [1.29, 1.82) is 0 Å². The number of rotatable bonds is 9. The van der Waals surface area contributed by atoms with Crippen LogP contribution in [-0.4, -0.2) is 63.2 Å². The zero-order chi connectivity index (χ0) is 24.1. The molecule has 2 aromatic rings. The number of nitrogens with zero attached hydrogens (tertiary/aromatic N) is 3. The molecule has 0 aliphatic rings. The highest BCUT2D eigenvalue weighted by atomic mass is 32.2. The number of likely N-dealkylation sites (N-methyl/N-ethyl adjacent to an activating group) is 1. The Balaban J connectivity index is 2.48. The maximum absolute atomic E-state index is 14.5. The van der Waals surface area contributed by atoms with Gasteiger partial charge in [0.1, 0.15) is 18.4 Å². The van der Waals surface area contributed by atoms with Crippen LogP contribution >= 0.6 is 0 Å². The second-order valence-electron chi connectivity index (χ2n) is 7.49. The number of benzene rings is 2. The second kappa shape index (κ2) is 10.6. The normalized spacial score (nSPS) is 12.3. The molecule has 0 saturated carbocycles. The highest BCUT2D eigenvalue weighted by Gasteiger charge is 2.33. The van der Waals surface area contributed by atoms with Crippen molar-refractivity contribution >= 4 is 27.7 Å². The first-order chi connectivity index (χ1) is 15.0. The summed E-state index contributed by atoms with van der Waals surface area (Å²) in [6.45, 7) is 2.86. The lowest BCUT2D eigenvalue weighted by Crippen LogP contribution is -2.52. The van der Waals surface area contributed by atoms with Crippen molar-refractivity contribution in [3.05, 3.63) is 65.5 Å². The Hall–Kier alpha value is -2.98. The molecule has 174 valence electrons. The lowest BCUT2D eigenvalue weighted by Gasteiger charge is -2.33. The monoisotopic (exact) mass is 464 g/mol. The minimum absolute atomic E-state index is 0.0905. The van der Waals surface area contributed by atoms with E-state index in [-0.39, 0.29) is 12.2 Å². The molecule has 10 heteroatoms. The van der Waals surface area contributed by atoms with E-state index < -0.39 is 40.4 Å². The van der Waals surface area contributed by atoms with Gasteiger partial charge in [0.25, 0.3) is 0 Å². The van der Waals surface area contributed by atoms with Crippen LogP contribution in [0.1, 0.15) is 18.1 Å². The van der Waals surface area contributed by atoms with E-state index in [0.717, 1.165) is 21.5 Å². The molecule has 0 heterocycles. The van der Waals surface area contributed by atoms with Crippen LogP contribution in [0.3, 0.4) is 0 Å². The quantitative estimate of drug-likeness (QED) is 0.614. The highest BCUT2D eigenvalue weighted by Crippen LogP contribution is 2.24. The third-order valence-electron chi connectivity index (χ3n) is 5.16. The lowest BCUT2D eigenvalue weighted by atomic mass is 10.1. The Morgan fingerprint density at radius 3 is 2.22 bits per heavy atom. The summed E-state index contributed by atoms with van der Waals surface area (Å²) in [5.74, 6) is -1.83. The minimum Gasteiger partial charge on any atom is -0.357 e. The number of nitrogens with one attached hydrogen (secondary N) is 1. The fraction of sp³-hybridized carbons (Fsp3) is 0.364. The molecule has 2 aromatic carbocycles. The number of carbonyl (C=O) groups is 2. The summed E-state index contributed by atoms with van der Waals surface area (Å²) < 4.78 is 42.0. The average Bonchev–Trinajstić information content (AvgIpc) is 2.76. The topological polar surface area (TPSA) is 90.0 Å². The van der Waals surface area contributed by atoms with Gasteiger partial charge in [-0.2, -0.15) is 12.7 Å². The van der Waals surface area contributed by atoms with E-state index in [1.165, 1.54) is 44.2 Å². The van der Waals surface area contributed by atoms with Crippen LogP contribution in [0.25, 0.3) is 0 Å². The first-order valence-electron chi connectivity index (χ1n) is 10.0. The number of hydrogen-bond acceptors (Lipinski definition) is 4. The molecule has 0 aliphatic heterocycles. The molecule has 1 N–H and O–H groups in total. The van der Waals surface area contributed by atoms with Gasteiger partial charge >= 0.3 is 10.2 Å². The predicted octanol–water partition coefficient (Wildman–Crippen LogP) is 1.91. The summed E-state index contributed by atoms with van der Waals surface area (Å²) in [6, 6.07) is 11.8. The van der Waals surface area contributed by atoms with Crippen molar-refractivity contribution in [1.82, 2.24) is 14.5 Å². The van der Waals surface area contributed by atoms with Gasteiger partial charge < -0.3 is 10.2 Å². The van der Waals surface area contributed by atoms with Gasteiger partial charge in [0.05, 0.1) is 5.69 Å². The molecule has 0 radical (unpaired) electrons. The van der Waals surface area contributed by atoms with Gasteiger partial charge in [-0.3, -0.25) is 9.59 Å². The SMILES string of the molecule is CNC(=O)[C@@H](C)N(Cc1ccccc1C)C(=O)CN(c1ccccc1F)S(=O)(=O)N(C)C. The third-order valence-corrected chi connectivity index (χ3v) is 6.96. The summed E-state index contributed by atoms with van der Waals surface area (Å²) >= 11 is 0. The van der Waals surface area contributed by atoms with Gasteiger partial charge in [-0.1, -0.05) is 36.4 Å². The number of carbonyl (C=O) groups excluding carboxylic acids is 2. The lowest BCUT2D eigenvalue weighted by molar-refractivity contribution is -0.139. The van der Waals surface area contributed by atoms with Gasteiger partial charge in [-0.05, 0) is 37.1 Å². The summed E-state index contributed by atoms with van der Waals surface area (Å²) in [6.07, 6.45) is 0. The average molecular weight is 465 g/mol. The van der Waals surface area contributed by atoms with E-state index in [1.54, 1.807) is 6.92 Å². The van der Waals surface area contributed by atoms with Crippen molar-refractivity contribution in [2.75, 3.05) is 32.0 Å². The van der Waals surface area contributed by atoms with Crippen LogP contribution in [-0.2, 0) is 26.3 Å². The Bertz CT molecular complexity index is 1080. The summed E-state index contributed by atoms with van der Waals surface area (Å²) in [7, 11) is -0.146. The molecule has 0 unspecified atom stereocenters. The van der Waals surface area contributed by atoms with E-state index in [1.807, 2.05) is 31.2 Å². The number of anilines is 1. The fourth-order valence-corrected chi connectivity index (χ4v) is 4.18. The molecule has 0 aliphatic carbocycles. The Labute approximate surface area is 188 Å². The maximum atomic E-state index is 14.5. The molecule has 0 saturated heterocycles. The molecule has 2 rings (SSSR count). The Morgan fingerprint density at radius 2 is 1.66 bits per heavy atom. The van der Waals surface area contributed by atoms with Gasteiger partial charge in [-0.25, -0.2) is 8.70 Å². The Kier molecular flexibility index (Phi) is 8.34. The molecule has 8 nitrogen and oxygen atoms in total. The molecule has 0 fully saturated rings. The zero-order valence-electron chi connectivity index (χ0n) is 18.9. The molecule has 2 amide bonds. The van der Waals surface area contributed by atoms with Gasteiger partial charge in [0, 0.05) is 27.7 Å². The van der Waals surface area contributed by atoms with E-state index >= 15 is 0 Å². The van der Waals surface area contributed by atoms with Crippen LogP contribution in [0.4, 0.5) is 10.1 Å². The molecular weight excluding hydrogens is 435 g/mol. The van der Waals surface area contributed by atoms with Gasteiger partial charge in [-0.15, -0.1) is 0 Å². The number of amides is 2. The third kappa shape index (κ3) is 5.63. The van der Waals surface area contributed by atoms with Crippen LogP contribution in [0.15, 0.2) is 48.5 Å². The van der Waals surface area contributed by atoms with E-state index in [2.05, 4.69) is 5.32 Å². The smallest absolute Gasteiger partial charge is 0.304 e. The maximum Gasteiger partial charge on any atom is 0.304 e. The van der Waals surface area contributed by atoms with Crippen LogP contribution in [0, 0.1) is 12.7 Å². The molecule has 32 heavy (non-hydrogen) atoms. The van der Waals surface area contributed by atoms with Gasteiger partial charge in [0.2, 0.25) is 11.8 Å². The predicted molar refractivity (Wildman–Crippen MR) is 122 cm³/mol. The number of halogens is 1. The first kappa shape index (κ1) is 25.3. The first-order valence-corrected chi connectivity index (χ1v) is 11.4. The second-order valence-corrected chi connectivity index (χ2v) is 9.55. The largest absolute Gasteiger partial charge is 0.357 e. The highest BCUT2D eigenvalue weighted by molar-refractivity contribution is 7.90. The van der Waals surface area contributed by atoms with Crippen LogP contribution in [0.5, 0.6) is 0 Å². The molecule has 0 aromatic heterocycles. The number of aryl methyl sites for hydroxylation is 1. The summed E-state index contributed by atoms with van der Waals surface area (Å²) in [4.78, 5) is 27.0. The molecular formula is C22H29FN4O4S. The minimum atomic E-state index is -4.20. The summed E-state index contributed by atoms with van der Waals surface area (Å²) in [5, 5.41) is 2.51. The van der Waals surface area contributed by atoms with Gasteiger partial charge in [0.15, 0.2) is 0 Å². The van der Waals surface area contributed by atoms with Crippen LogP contribution < -0.4 is 9.62 Å². The van der Waals surface area contributed by atoms with Crippen LogP contribution in [0.2, 0.25) is 0 Å².